The second-order valence-corrected chi connectivity index (χ2v) is 8.16. The summed E-state index contributed by atoms with van der Waals surface area (Å²) in [6.07, 6.45) is 2.39. The van der Waals surface area contributed by atoms with Crippen molar-refractivity contribution in [3.05, 3.63) is 64.7 Å². The standard InChI is InChI=1S/C24H30N4O3/c1-16-13-21(18(3)28(16)23-14-17(2)31-26-23)24(29)25-15-22(27-11-5-6-12-27)19-7-9-20(30-4)10-8-19/h7-10,13-14,22H,5-6,11-12,15H2,1-4H3,(H,25,29). The lowest BCUT2D eigenvalue weighted by Crippen LogP contribution is -2.37. The van der Waals surface area contributed by atoms with Crippen LogP contribution in [-0.4, -0.2) is 47.3 Å². The van der Waals surface area contributed by atoms with Gasteiger partial charge in [-0.25, -0.2) is 0 Å². The molecule has 1 aliphatic heterocycles. The Balaban J connectivity index is 1.52. The molecule has 7 nitrogen and oxygen atoms in total. The van der Waals surface area contributed by atoms with Crippen LogP contribution in [0.4, 0.5) is 0 Å². The van der Waals surface area contributed by atoms with Gasteiger partial charge in [-0.1, -0.05) is 17.3 Å². The molecule has 1 unspecified atom stereocenters. The number of nitrogens with zero attached hydrogens (tertiary/aromatic N) is 3. The number of hydrogen-bond donors (Lipinski definition) is 1. The number of carbonyl (C=O) groups is 1. The highest BCUT2D eigenvalue weighted by molar-refractivity contribution is 5.95. The van der Waals surface area contributed by atoms with E-state index < -0.39 is 0 Å². The lowest BCUT2D eigenvalue weighted by Gasteiger charge is -2.28. The quantitative estimate of drug-likeness (QED) is 0.624. The summed E-state index contributed by atoms with van der Waals surface area (Å²) >= 11 is 0. The van der Waals surface area contributed by atoms with Crippen molar-refractivity contribution in [2.75, 3.05) is 26.7 Å². The number of methoxy groups -OCH3 is 1. The molecule has 1 atom stereocenters. The molecule has 164 valence electrons. The van der Waals surface area contributed by atoms with Crippen molar-refractivity contribution in [3.8, 4) is 11.6 Å². The van der Waals surface area contributed by atoms with Gasteiger partial charge >= 0.3 is 0 Å². The molecule has 1 N–H and O–H groups in total. The highest BCUT2D eigenvalue weighted by atomic mass is 16.5. The highest BCUT2D eigenvalue weighted by Crippen LogP contribution is 2.27. The molecule has 2 aromatic heterocycles. The molecule has 0 saturated carbocycles. The Morgan fingerprint density at radius 1 is 1.16 bits per heavy atom. The minimum atomic E-state index is -0.0720. The zero-order valence-corrected chi connectivity index (χ0v) is 18.6. The van der Waals surface area contributed by atoms with Gasteiger partial charge in [-0.3, -0.25) is 14.3 Å². The van der Waals surface area contributed by atoms with E-state index in [1.54, 1.807) is 7.11 Å². The van der Waals surface area contributed by atoms with Crippen molar-refractivity contribution < 1.29 is 14.1 Å². The molecule has 0 bridgehead atoms. The number of benzene rings is 1. The largest absolute Gasteiger partial charge is 0.497 e. The van der Waals surface area contributed by atoms with E-state index >= 15 is 0 Å². The summed E-state index contributed by atoms with van der Waals surface area (Å²) in [7, 11) is 1.67. The van der Waals surface area contributed by atoms with Crippen molar-refractivity contribution in [3.63, 3.8) is 0 Å². The van der Waals surface area contributed by atoms with Gasteiger partial charge in [0.1, 0.15) is 11.5 Å². The Bertz CT molecular complexity index is 1050. The smallest absolute Gasteiger partial charge is 0.253 e. The molecule has 1 aliphatic rings. The first kappa shape index (κ1) is 21.2. The third-order valence-corrected chi connectivity index (χ3v) is 6.06. The SMILES string of the molecule is COc1ccc(C(CNC(=O)c2cc(C)n(-c3cc(C)on3)c2C)N2CCCC2)cc1. The Labute approximate surface area is 183 Å². The Hall–Kier alpha value is -3.06. The van der Waals surface area contributed by atoms with E-state index in [0.29, 0.717) is 17.9 Å². The molecule has 7 heteroatoms. The molecule has 1 amide bonds. The van der Waals surface area contributed by atoms with E-state index in [0.717, 1.165) is 36.0 Å². The van der Waals surface area contributed by atoms with E-state index in [4.69, 9.17) is 9.26 Å². The molecular formula is C24H30N4O3. The number of carbonyl (C=O) groups excluding carboxylic acids is 1. The molecule has 3 heterocycles. The van der Waals surface area contributed by atoms with Crippen LogP contribution in [0.2, 0.25) is 0 Å². The molecule has 1 aromatic carbocycles. The fraction of sp³-hybridized carbons (Fsp3) is 0.417. The van der Waals surface area contributed by atoms with E-state index in [9.17, 15) is 4.79 Å². The molecule has 1 fully saturated rings. The summed E-state index contributed by atoms with van der Waals surface area (Å²) in [6.45, 7) is 8.42. The molecule has 4 rings (SSSR count). The van der Waals surface area contributed by atoms with Crippen LogP contribution in [0.3, 0.4) is 0 Å². The van der Waals surface area contributed by atoms with Crippen LogP contribution in [0.15, 0.2) is 40.9 Å². The zero-order valence-electron chi connectivity index (χ0n) is 18.6. The summed E-state index contributed by atoms with van der Waals surface area (Å²) in [5.74, 6) is 2.20. The van der Waals surface area contributed by atoms with Crippen LogP contribution in [0.5, 0.6) is 5.75 Å². The summed E-state index contributed by atoms with van der Waals surface area (Å²) in [4.78, 5) is 15.6. The molecule has 0 spiro atoms. The monoisotopic (exact) mass is 422 g/mol. The van der Waals surface area contributed by atoms with E-state index in [2.05, 4.69) is 27.5 Å². The first-order valence-corrected chi connectivity index (χ1v) is 10.8. The fourth-order valence-corrected chi connectivity index (χ4v) is 4.43. The predicted molar refractivity (Wildman–Crippen MR) is 119 cm³/mol. The number of nitrogens with one attached hydrogen (secondary N) is 1. The highest BCUT2D eigenvalue weighted by Gasteiger charge is 2.25. The lowest BCUT2D eigenvalue weighted by atomic mass is 10.0. The number of ether oxygens (including phenoxy) is 1. The van der Waals surface area contributed by atoms with Crippen molar-refractivity contribution in [2.24, 2.45) is 0 Å². The molecule has 31 heavy (non-hydrogen) atoms. The number of likely N-dealkylation sites (tertiary alicyclic amines) is 1. The Morgan fingerprint density at radius 3 is 2.48 bits per heavy atom. The van der Waals surface area contributed by atoms with Gasteiger partial charge < -0.3 is 14.6 Å². The average Bonchev–Trinajstić information content (AvgIpc) is 3.50. The number of aromatic nitrogens is 2. The van der Waals surface area contributed by atoms with Gasteiger partial charge in [0.25, 0.3) is 5.91 Å². The maximum Gasteiger partial charge on any atom is 0.253 e. The van der Waals surface area contributed by atoms with Gasteiger partial charge in [0, 0.05) is 24.0 Å². The Kier molecular flexibility index (Phi) is 6.13. The number of amides is 1. The van der Waals surface area contributed by atoms with Crippen molar-refractivity contribution in [1.82, 2.24) is 19.9 Å². The Morgan fingerprint density at radius 2 is 1.87 bits per heavy atom. The van der Waals surface area contributed by atoms with Crippen LogP contribution in [0, 0.1) is 20.8 Å². The topological polar surface area (TPSA) is 72.5 Å². The van der Waals surface area contributed by atoms with Gasteiger partial charge in [-0.2, -0.15) is 0 Å². The van der Waals surface area contributed by atoms with Gasteiger partial charge in [0.15, 0.2) is 5.82 Å². The minimum absolute atomic E-state index is 0.0720. The van der Waals surface area contributed by atoms with Crippen LogP contribution >= 0.6 is 0 Å². The molecule has 0 aliphatic carbocycles. The van der Waals surface area contributed by atoms with Crippen LogP contribution < -0.4 is 10.1 Å². The fourth-order valence-electron chi connectivity index (χ4n) is 4.43. The van der Waals surface area contributed by atoms with Crippen molar-refractivity contribution in [2.45, 2.75) is 39.7 Å². The molecular weight excluding hydrogens is 392 g/mol. The van der Waals surface area contributed by atoms with Crippen LogP contribution in [0.25, 0.3) is 5.82 Å². The third kappa shape index (κ3) is 4.37. The van der Waals surface area contributed by atoms with E-state index in [1.807, 2.05) is 49.6 Å². The summed E-state index contributed by atoms with van der Waals surface area (Å²) in [5, 5.41) is 7.27. The lowest BCUT2D eigenvalue weighted by molar-refractivity contribution is 0.0937. The summed E-state index contributed by atoms with van der Waals surface area (Å²) in [5.41, 5.74) is 3.65. The predicted octanol–water partition coefficient (Wildman–Crippen LogP) is 3.97. The van der Waals surface area contributed by atoms with Crippen molar-refractivity contribution >= 4 is 5.91 Å². The number of hydrogen-bond acceptors (Lipinski definition) is 5. The number of aryl methyl sites for hydroxylation is 2. The maximum atomic E-state index is 13.1. The third-order valence-electron chi connectivity index (χ3n) is 6.06. The summed E-state index contributed by atoms with van der Waals surface area (Å²) in [6, 6.07) is 12.1. The first-order chi connectivity index (χ1) is 15.0. The minimum Gasteiger partial charge on any atom is -0.497 e. The van der Waals surface area contributed by atoms with Gasteiger partial charge in [-0.05, 0) is 70.5 Å². The second-order valence-electron chi connectivity index (χ2n) is 8.16. The van der Waals surface area contributed by atoms with Crippen LogP contribution in [-0.2, 0) is 0 Å². The molecule has 3 aromatic rings. The first-order valence-electron chi connectivity index (χ1n) is 10.8. The van der Waals surface area contributed by atoms with Gasteiger partial charge in [0.05, 0.1) is 18.7 Å². The van der Waals surface area contributed by atoms with E-state index in [-0.39, 0.29) is 11.9 Å². The zero-order chi connectivity index (χ0) is 22.0. The second kappa shape index (κ2) is 8.98. The average molecular weight is 423 g/mol. The molecule has 1 saturated heterocycles. The number of rotatable bonds is 7. The summed E-state index contributed by atoms with van der Waals surface area (Å²) < 4.78 is 12.5. The van der Waals surface area contributed by atoms with Gasteiger partial charge in [-0.15, -0.1) is 0 Å². The maximum absolute atomic E-state index is 13.1. The van der Waals surface area contributed by atoms with Crippen molar-refractivity contribution in [1.29, 1.82) is 0 Å². The van der Waals surface area contributed by atoms with E-state index in [1.165, 1.54) is 18.4 Å². The van der Waals surface area contributed by atoms with Gasteiger partial charge in [0.2, 0.25) is 0 Å². The van der Waals surface area contributed by atoms with Crippen LogP contribution in [0.1, 0.15) is 52.0 Å². The molecule has 0 radical (unpaired) electrons. The normalized spacial score (nSPS) is 15.2.